The van der Waals surface area contributed by atoms with E-state index in [2.05, 4.69) is 55.1 Å². The van der Waals surface area contributed by atoms with E-state index in [1.54, 1.807) is 4.90 Å². The van der Waals surface area contributed by atoms with Crippen LogP contribution in [-0.4, -0.2) is 32.5 Å². The van der Waals surface area contributed by atoms with Crippen LogP contribution in [0.2, 0.25) is 0 Å². The number of carbonyl (C=O) groups excluding carboxylic acids is 1. The second-order valence-corrected chi connectivity index (χ2v) is 6.89. The Hall–Kier alpha value is -2.13. The Morgan fingerprint density at radius 1 is 1.04 bits per heavy atom. The minimum atomic E-state index is 0.536. The normalized spacial score (nSPS) is 16.9. The molecule has 0 saturated carbocycles. The monoisotopic (exact) mass is 323 g/mol. The highest BCUT2D eigenvalue weighted by molar-refractivity contribution is 5.79. The van der Waals surface area contributed by atoms with Crippen molar-refractivity contribution in [2.24, 2.45) is 0 Å². The lowest BCUT2D eigenvalue weighted by Crippen LogP contribution is -3.14. The van der Waals surface area contributed by atoms with Gasteiger partial charge in [-0.3, -0.25) is 4.79 Å². The van der Waals surface area contributed by atoms with E-state index in [9.17, 15) is 4.79 Å². The Balaban J connectivity index is 1.69. The van der Waals surface area contributed by atoms with Crippen LogP contribution in [0.4, 0.5) is 5.69 Å². The van der Waals surface area contributed by atoms with Crippen molar-refractivity contribution < 1.29 is 9.69 Å². The molecule has 2 aromatic carbocycles. The molecule has 24 heavy (non-hydrogen) atoms. The van der Waals surface area contributed by atoms with E-state index in [1.807, 2.05) is 13.0 Å². The highest BCUT2D eigenvalue weighted by atomic mass is 16.1. The first-order valence-electron chi connectivity index (χ1n) is 8.81. The molecule has 1 N–H and O–H groups in total. The molecule has 126 valence electrons. The summed E-state index contributed by atoms with van der Waals surface area (Å²) in [6, 6.07) is 15.5. The van der Waals surface area contributed by atoms with Gasteiger partial charge in [-0.25, -0.2) is 0 Å². The minimum Gasteiger partial charge on any atom is -0.360 e. The van der Waals surface area contributed by atoms with E-state index in [4.69, 9.17) is 0 Å². The van der Waals surface area contributed by atoms with E-state index < -0.39 is 0 Å². The fourth-order valence-electron chi connectivity index (χ4n) is 3.74. The van der Waals surface area contributed by atoms with Gasteiger partial charge in [0.15, 0.2) is 0 Å². The van der Waals surface area contributed by atoms with Gasteiger partial charge in [0.2, 0.25) is 0 Å². The van der Waals surface area contributed by atoms with Gasteiger partial charge in [0.05, 0.1) is 26.2 Å². The van der Waals surface area contributed by atoms with Gasteiger partial charge in [-0.1, -0.05) is 30.3 Å². The lowest BCUT2D eigenvalue weighted by Gasteiger charge is -2.37. The number of carbonyl (C=O) groups is 1. The van der Waals surface area contributed by atoms with Crippen molar-refractivity contribution in [3.63, 3.8) is 0 Å². The lowest BCUT2D eigenvalue weighted by atomic mass is 10.0. The van der Waals surface area contributed by atoms with Crippen LogP contribution in [0.25, 0.3) is 0 Å². The summed E-state index contributed by atoms with van der Waals surface area (Å²) in [6.45, 7) is 10.9. The van der Waals surface area contributed by atoms with E-state index >= 15 is 0 Å². The molecule has 3 rings (SSSR count). The van der Waals surface area contributed by atoms with Gasteiger partial charge in [0.25, 0.3) is 0 Å². The molecule has 1 heterocycles. The Labute approximate surface area is 144 Å². The highest BCUT2D eigenvalue weighted by Gasteiger charge is 2.26. The maximum Gasteiger partial charge on any atom is 0.150 e. The zero-order chi connectivity index (χ0) is 17.1. The van der Waals surface area contributed by atoms with E-state index in [0.29, 0.717) is 6.04 Å². The molecule has 1 saturated heterocycles. The van der Waals surface area contributed by atoms with Gasteiger partial charge in [-0.05, 0) is 44.0 Å². The van der Waals surface area contributed by atoms with Gasteiger partial charge in [-0.15, -0.1) is 0 Å². The second kappa shape index (κ2) is 7.18. The van der Waals surface area contributed by atoms with Crippen LogP contribution in [0, 0.1) is 13.8 Å². The predicted molar refractivity (Wildman–Crippen MR) is 99.1 cm³/mol. The van der Waals surface area contributed by atoms with Gasteiger partial charge < -0.3 is 9.80 Å². The smallest absolute Gasteiger partial charge is 0.150 e. The highest BCUT2D eigenvalue weighted by Crippen LogP contribution is 2.24. The number of quaternary nitrogens is 1. The van der Waals surface area contributed by atoms with Crippen LogP contribution in [-0.2, 0) is 0 Å². The Kier molecular flexibility index (Phi) is 5.00. The second-order valence-electron chi connectivity index (χ2n) is 6.89. The Morgan fingerprint density at radius 2 is 1.71 bits per heavy atom. The van der Waals surface area contributed by atoms with Crippen LogP contribution >= 0.6 is 0 Å². The van der Waals surface area contributed by atoms with E-state index in [-0.39, 0.29) is 0 Å². The summed E-state index contributed by atoms with van der Waals surface area (Å²) in [7, 11) is 0. The first-order chi connectivity index (χ1) is 11.6. The van der Waals surface area contributed by atoms with Gasteiger partial charge in [0.1, 0.15) is 12.3 Å². The average Bonchev–Trinajstić information content (AvgIpc) is 2.63. The van der Waals surface area contributed by atoms with Crippen molar-refractivity contribution >= 4 is 12.0 Å². The lowest BCUT2D eigenvalue weighted by molar-refractivity contribution is -0.930. The van der Waals surface area contributed by atoms with Crippen molar-refractivity contribution in [3.8, 4) is 0 Å². The molecular formula is C21H27N2O+. The fourth-order valence-corrected chi connectivity index (χ4v) is 3.74. The number of anilines is 1. The molecular weight excluding hydrogens is 296 g/mol. The topological polar surface area (TPSA) is 24.8 Å². The molecule has 3 heteroatoms. The SMILES string of the molecule is Cc1cc(N2CC[NH+]([C@@H](C)c3ccccc3)CC2)c(C)cc1C=O. The maximum atomic E-state index is 11.1. The van der Waals surface area contributed by atoms with Crippen LogP contribution in [0.3, 0.4) is 0 Å². The summed E-state index contributed by atoms with van der Waals surface area (Å²) in [5.41, 5.74) is 5.77. The van der Waals surface area contributed by atoms with Crippen LogP contribution in [0.1, 0.15) is 40.0 Å². The molecule has 0 bridgehead atoms. The fraction of sp³-hybridized carbons (Fsp3) is 0.381. The first-order valence-corrected chi connectivity index (χ1v) is 8.81. The van der Waals surface area contributed by atoms with Gasteiger partial charge in [-0.2, -0.15) is 0 Å². The molecule has 3 nitrogen and oxygen atoms in total. The molecule has 1 atom stereocenters. The van der Waals surface area contributed by atoms with Crippen molar-refractivity contribution in [2.75, 3.05) is 31.1 Å². The zero-order valence-electron chi connectivity index (χ0n) is 14.9. The molecule has 0 amide bonds. The molecule has 2 aromatic rings. The number of benzene rings is 2. The maximum absolute atomic E-state index is 11.1. The van der Waals surface area contributed by atoms with Crippen LogP contribution < -0.4 is 9.80 Å². The quantitative estimate of drug-likeness (QED) is 0.875. The standard InChI is InChI=1S/C21H26N2O/c1-16-14-21(17(2)13-20(16)15-24)23-11-9-22(10-12-23)18(3)19-7-5-4-6-8-19/h4-8,13-15,18H,9-12H2,1-3H3/p+1/t18-/m0/s1. The van der Waals surface area contributed by atoms with E-state index in [0.717, 1.165) is 43.6 Å². The first kappa shape index (κ1) is 16.7. The Bertz CT molecular complexity index is 703. The third kappa shape index (κ3) is 3.36. The number of nitrogens with one attached hydrogen (secondary N) is 1. The number of hydrogen-bond acceptors (Lipinski definition) is 2. The zero-order valence-corrected chi connectivity index (χ0v) is 14.9. The van der Waals surface area contributed by atoms with Gasteiger partial charge >= 0.3 is 0 Å². The third-order valence-electron chi connectivity index (χ3n) is 5.37. The molecule has 0 spiro atoms. The van der Waals surface area contributed by atoms with Crippen molar-refractivity contribution in [1.82, 2.24) is 0 Å². The largest absolute Gasteiger partial charge is 0.360 e. The van der Waals surface area contributed by atoms with Crippen molar-refractivity contribution in [3.05, 3.63) is 64.7 Å². The molecule has 0 aliphatic carbocycles. The number of piperazine rings is 1. The molecule has 1 fully saturated rings. The molecule has 0 radical (unpaired) electrons. The van der Waals surface area contributed by atoms with Crippen LogP contribution in [0.15, 0.2) is 42.5 Å². The van der Waals surface area contributed by atoms with E-state index in [1.165, 1.54) is 16.8 Å². The molecule has 1 aliphatic heterocycles. The Morgan fingerprint density at radius 3 is 2.33 bits per heavy atom. The summed E-state index contributed by atoms with van der Waals surface area (Å²) < 4.78 is 0. The molecule has 0 unspecified atom stereocenters. The van der Waals surface area contributed by atoms with Crippen LogP contribution in [0.5, 0.6) is 0 Å². The number of rotatable bonds is 4. The summed E-state index contributed by atoms with van der Waals surface area (Å²) in [5, 5.41) is 0. The number of hydrogen-bond donors (Lipinski definition) is 1. The number of aldehydes is 1. The summed E-state index contributed by atoms with van der Waals surface area (Å²) in [4.78, 5) is 15.2. The van der Waals surface area contributed by atoms with Gasteiger partial charge in [0, 0.05) is 16.8 Å². The third-order valence-corrected chi connectivity index (χ3v) is 5.37. The molecule has 0 aromatic heterocycles. The minimum absolute atomic E-state index is 0.536. The summed E-state index contributed by atoms with van der Waals surface area (Å²) >= 11 is 0. The predicted octanol–water partition coefficient (Wildman–Crippen LogP) is 2.58. The van der Waals surface area contributed by atoms with Crippen molar-refractivity contribution in [2.45, 2.75) is 26.8 Å². The number of aryl methyl sites for hydroxylation is 2. The molecule has 1 aliphatic rings. The average molecular weight is 323 g/mol. The number of nitrogens with zero attached hydrogens (tertiary/aromatic N) is 1. The van der Waals surface area contributed by atoms with Crippen molar-refractivity contribution in [1.29, 1.82) is 0 Å². The summed E-state index contributed by atoms with van der Waals surface area (Å²) in [5.74, 6) is 0. The summed E-state index contributed by atoms with van der Waals surface area (Å²) in [6.07, 6.45) is 0.954.